The maximum atomic E-state index is 12.4. The van der Waals surface area contributed by atoms with Crippen molar-refractivity contribution in [2.24, 2.45) is 0 Å². The van der Waals surface area contributed by atoms with Crippen LogP contribution in [0.5, 0.6) is 11.5 Å². The van der Waals surface area contributed by atoms with Crippen molar-refractivity contribution in [3.63, 3.8) is 0 Å². The van der Waals surface area contributed by atoms with Crippen LogP contribution in [-0.2, 0) is 20.9 Å². The first-order valence-electron chi connectivity index (χ1n) is 7.64. The number of ether oxygens (including phenoxy) is 3. The van der Waals surface area contributed by atoms with E-state index in [0.717, 1.165) is 11.6 Å². The van der Waals surface area contributed by atoms with Crippen LogP contribution in [0.4, 0.5) is 0 Å². The van der Waals surface area contributed by atoms with Crippen molar-refractivity contribution in [2.45, 2.75) is 13.0 Å². The third kappa shape index (κ3) is 5.16. The zero-order valence-electron chi connectivity index (χ0n) is 14.3. The Hall–Kier alpha value is -2.67. The lowest BCUT2D eigenvalue weighted by atomic mass is 10.0. The van der Waals surface area contributed by atoms with Gasteiger partial charge in [-0.25, -0.2) is 4.79 Å². The molecule has 7 heteroatoms. The summed E-state index contributed by atoms with van der Waals surface area (Å²) in [7, 11) is 2.67. The molecule has 2 rings (SSSR count). The second-order valence-electron chi connectivity index (χ2n) is 5.28. The molecule has 0 fully saturated rings. The highest BCUT2D eigenvalue weighted by molar-refractivity contribution is 9.10. The van der Waals surface area contributed by atoms with Crippen LogP contribution in [0.3, 0.4) is 0 Å². The highest BCUT2D eigenvalue weighted by atomic mass is 79.9. The summed E-state index contributed by atoms with van der Waals surface area (Å²) in [4.78, 5) is 35.2. The van der Waals surface area contributed by atoms with E-state index in [9.17, 15) is 14.4 Å². The van der Waals surface area contributed by atoms with Gasteiger partial charge in [-0.3, -0.25) is 9.59 Å². The van der Waals surface area contributed by atoms with Gasteiger partial charge in [0.1, 0.15) is 18.1 Å². The van der Waals surface area contributed by atoms with E-state index >= 15 is 0 Å². The predicted molar refractivity (Wildman–Crippen MR) is 97.4 cm³/mol. The van der Waals surface area contributed by atoms with Crippen LogP contribution in [0.25, 0.3) is 0 Å². The van der Waals surface area contributed by atoms with Gasteiger partial charge in [-0.2, -0.15) is 0 Å². The third-order valence-corrected chi connectivity index (χ3v) is 4.05. The quantitative estimate of drug-likeness (QED) is 0.282. The molecular formula is C19H17BrO6. The molecule has 0 atom stereocenters. The van der Waals surface area contributed by atoms with Gasteiger partial charge in [-0.1, -0.05) is 15.9 Å². The van der Waals surface area contributed by atoms with Crippen LogP contribution in [0, 0.1) is 0 Å². The van der Waals surface area contributed by atoms with Crippen molar-refractivity contribution >= 4 is 33.5 Å². The summed E-state index contributed by atoms with van der Waals surface area (Å²) in [5.74, 6) is -1.08. The van der Waals surface area contributed by atoms with Gasteiger partial charge < -0.3 is 14.2 Å². The number of rotatable bonds is 8. The molecule has 0 N–H and O–H groups in total. The SMILES string of the molecule is COC(=O)C(=O)CC(=O)c1ccc(Br)cc1COc1ccc(OC)cc1. The van der Waals surface area contributed by atoms with E-state index in [2.05, 4.69) is 20.7 Å². The molecule has 0 bridgehead atoms. The number of hydrogen-bond donors (Lipinski definition) is 0. The zero-order chi connectivity index (χ0) is 19.1. The van der Waals surface area contributed by atoms with Gasteiger partial charge in [0.2, 0.25) is 5.78 Å². The zero-order valence-corrected chi connectivity index (χ0v) is 15.9. The second-order valence-corrected chi connectivity index (χ2v) is 6.20. The topological polar surface area (TPSA) is 78.9 Å². The van der Waals surface area contributed by atoms with Crippen molar-refractivity contribution < 1.29 is 28.6 Å². The van der Waals surface area contributed by atoms with E-state index in [1.54, 1.807) is 49.6 Å². The molecular weight excluding hydrogens is 404 g/mol. The minimum atomic E-state index is -1.04. The van der Waals surface area contributed by atoms with Crippen LogP contribution in [0.1, 0.15) is 22.3 Å². The molecule has 0 saturated heterocycles. The van der Waals surface area contributed by atoms with Crippen LogP contribution >= 0.6 is 15.9 Å². The Kier molecular flexibility index (Phi) is 6.91. The fourth-order valence-electron chi connectivity index (χ4n) is 2.21. The highest BCUT2D eigenvalue weighted by Gasteiger charge is 2.21. The van der Waals surface area contributed by atoms with Gasteiger partial charge in [-0.05, 0) is 42.5 Å². The number of carbonyl (C=O) groups is 3. The summed E-state index contributed by atoms with van der Waals surface area (Å²) in [6.45, 7) is 0.124. The fraction of sp³-hybridized carbons (Fsp3) is 0.211. The molecule has 0 aliphatic rings. The maximum absolute atomic E-state index is 12.4. The molecule has 0 aliphatic carbocycles. The van der Waals surface area contributed by atoms with Crippen molar-refractivity contribution in [3.05, 3.63) is 58.1 Å². The molecule has 136 valence electrons. The molecule has 0 heterocycles. The lowest BCUT2D eigenvalue weighted by molar-refractivity contribution is -0.151. The molecule has 0 aromatic heterocycles. The molecule has 6 nitrogen and oxygen atoms in total. The second kappa shape index (κ2) is 9.15. The minimum absolute atomic E-state index is 0.124. The van der Waals surface area contributed by atoms with Gasteiger partial charge in [0.15, 0.2) is 5.78 Å². The summed E-state index contributed by atoms with van der Waals surface area (Å²) < 4.78 is 15.9. The first-order valence-corrected chi connectivity index (χ1v) is 8.43. The Morgan fingerprint density at radius 2 is 1.62 bits per heavy atom. The smallest absolute Gasteiger partial charge is 0.374 e. The first-order chi connectivity index (χ1) is 12.4. The van der Waals surface area contributed by atoms with E-state index in [-0.39, 0.29) is 6.61 Å². The summed E-state index contributed by atoms with van der Waals surface area (Å²) in [5, 5.41) is 0. The van der Waals surface area contributed by atoms with Crippen molar-refractivity contribution in [3.8, 4) is 11.5 Å². The number of benzene rings is 2. The highest BCUT2D eigenvalue weighted by Crippen LogP contribution is 2.22. The Morgan fingerprint density at radius 3 is 2.23 bits per heavy atom. The van der Waals surface area contributed by atoms with Gasteiger partial charge >= 0.3 is 5.97 Å². The Morgan fingerprint density at radius 1 is 0.962 bits per heavy atom. The van der Waals surface area contributed by atoms with E-state index in [0.29, 0.717) is 22.6 Å². The molecule has 26 heavy (non-hydrogen) atoms. The first kappa shape index (κ1) is 19.7. The van der Waals surface area contributed by atoms with Gasteiger partial charge in [0.05, 0.1) is 20.6 Å². The standard InChI is InChI=1S/C19H17BrO6/c1-24-14-4-6-15(7-5-14)26-11-12-9-13(20)3-8-16(12)17(21)10-18(22)19(23)25-2/h3-9H,10-11H2,1-2H3. The molecule has 2 aromatic carbocycles. The fourth-order valence-corrected chi connectivity index (χ4v) is 2.62. The number of ketones is 2. The summed E-state index contributed by atoms with van der Waals surface area (Å²) in [6.07, 6.45) is -0.552. The lowest BCUT2D eigenvalue weighted by Crippen LogP contribution is -2.20. The summed E-state index contributed by atoms with van der Waals surface area (Å²) in [5.41, 5.74) is 0.914. The molecule has 0 amide bonds. The van der Waals surface area contributed by atoms with Crippen LogP contribution < -0.4 is 9.47 Å². The van der Waals surface area contributed by atoms with Gasteiger partial charge in [0, 0.05) is 15.6 Å². The normalized spacial score (nSPS) is 10.1. The van der Waals surface area contributed by atoms with E-state index in [1.807, 2.05) is 0 Å². The monoisotopic (exact) mass is 420 g/mol. The average Bonchev–Trinajstić information content (AvgIpc) is 2.65. The lowest BCUT2D eigenvalue weighted by Gasteiger charge is -2.11. The molecule has 0 unspecified atom stereocenters. The van der Waals surface area contributed by atoms with Crippen LogP contribution in [-0.4, -0.2) is 31.8 Å². The van der Waals surface area contributed by atoms with Crippen molar-refractivity contribution in [2.75, 3.05) is 14.2 Å². The Labute approximate surface area is 159 Å². The van der Waals surface area contributed by atoms with Gasteiger partial charge in [0.25, 0.3) is 0 Å². The van der Waals surface area contributed by atoms with Crippen molar-refractivity contribution in [1.29, 1.82) is 0 Å². The van der Waals surface area contributed by atoms with Gasteiger partial charge in [-0.15, -0.1) is 0 Å². The van der Waals surface area contributed by atoms with E-state index in [1.165, 1.54) is 0 Å². The Balaban J connectivity index is 2.14. The van der Waals surface area contributed by atoms with E-state index < -0.39 is 24.0 Å². The van der Waals surface area contributed by atoms with Crippen LogP contribution in [0.15, 0.2) is 46.9 Å². The van der Waals surface area contributed by atoms with Crippen LogP contribution in [0.2, 0.25) is 0 Å². The molecule has 0 saturated carbocycles. The molecule has 0 spiro atoms. The maximum Gasteiger partial charge on any atom is 0.374 e. The minimum Gasteiger partial charge on any atom is -0.497 e. The number of methoxy groups -OCH3 is 2. The number of Topliss-reactive ketones (excluding diaryl/α,β-unsaturated/α-hetero) is 2. The number of carbonyl (C=O) groups excluding carboxylic acids is 3. The number of hydrogen-bond acceptors (Lipinski definition) is 6. The Bertz CT molecular complexity index is 813. The number of halogens is 1. The van der Waals surface area contributed by atoms with E-state index in [4.69, 9.17) is 9.47 Å². The largest absolute Gasteiger partial charge is 0.497 e. The summed E-state index contributed by atoms with van der Waals surface area (Å²) in [6, 6.07) is 12.0. The molecule has 0 aliphatic heterocycles. The average molecular weight is 421 g/mol. The predicted octanol–water partition coefficient (Wildman–Crippen LogP) is 3.35. The van der Waals surface area contributed by atoms with Crippen molar-refractivity contribution in [1.82, 2.24) is 0 Å². The molecule has 0 radical (unpaired) electrons. The third-order valence-electron chi connectivity index (χ3n) is 3.56. The summed E-state index contributed by atoms with van der Waals surface area (Å²) >= 11 is 3.35. The molecule has 2 aromatic rings. The number of esters is 1.